The number of carbonyl (C=O) groups is 4. The molecule has 2 aromatic rings. The van der Waals surface area contributed by atoms with Crippen molar-refractivity contribution in [3.05, 3.63) is 51.7 Å². The number of ether oxygens (including phenoxy) is 3. The van der Waals surface area contributed by atoms with Gasteiger partial charge in [0.05, 0.1) is 18.6 Å². The minimum atomic E-state index is -0.982. The summed E-state index contributed by atoms with van der Waals surface area (Å²) in [4.78, 5) is 62.4. The molecule has 0 saturated carbocycles. The number of nitrogens with zero attached hydrogens (tertiary/aromatic N) is 3. The van der Waals surface area contributed by atoms with Gasteiger partial charge in [0.2, 0.25) is 5.91 Å². The van der Waals surface area contributed by atoms with Crippen LogP contribution >= 0.6 is 11.3 Å². The number of carboxylic acid groups (broad SMARTS) is 1. The number of thiazole rings is 1. The molecule has 2 amide bonds. The fraction of sp³-hybridized carbons (Fsp3) is 0.683. The molecule has 1 saturated heterocycles. The molecule has 1 aromatic carbocycles. The molecular weight excluding hydrogens is 728 g/mol. The molecule has 14 heteroatoms. The number of amides is 2. The first-order valence-corrected chi connectivity index (χ1v) is 20.4. The van der Waals surface area contributed by atoms with Gasteiger partial charge in [-0.25, -0.2) is 9.37 Å². The Labute approximate surface area is 330 Å². The lowest BCUT2D eigenvalue weighted by Crippen LogP contribution is -2.50. The van der Waals surface area contributed by atoms with Crippen LogP contribution < -0.4 is 5.32 Å². The minimum absolute atomic E-state index is 0.0154. The highest BCUT2D eigenvalue weighted by atomic mass is 32.1. The van der Waals surface area contributed by atoms with Gasteiger partial charge in [0, 0.05) is 57.0 Å². The minimum Gasteiger partial charge on any atom is -0.481 e. The van der Waals surface area contributed by atoms with E-state index >= 15 is 0 Å². The molecular formula is C41H63FN4O8S. The van der Waals surface area contributed by atoms with Crippen molar-refractivity contribution in [3.63, 3.8) is 0 Å². The van der Waals surface area contributed by atoms with Crippen molar-refractivity contribution in [2.75, 3.05) is 47.8 Å². The van der Waals surface area contributed by atoms with E-state index in [-0.39, 0.29) is 66.8 Å². The predicted molar refractivity (Wildman–Crippen MR) is 210 cm³/mol. The van der Waals surface area contributed by atoms with Crippen molar-refractivity contribution < 1.29 is 42.9 Å². The maximum atomic E-state index is 14.7. The molecule has 2 N–H and O–H groups in total. The number of carboxylic acids is 1. The van der Waals surface area contributed by atoms with Crippen molar-refractivity contribution >= 4 is 34.9 Å². The average Bonchev–Trinajstić information content (AvgIpc) is 3.65. The van der Waals surface area contributed by atoms with Crippen LogP contribution in [0.1, 0.15) is 107 Å². The first kappa shape index (κ1) is 46.1. The standard InChI is InChI=1S/C41H63FN4O8S/c1-9-27(4)32(22-36(47)34-12-10-11-17-45(34)6)40(49)46(18-19-52-7)35(26(2)3)23-37(54-25-53-8)39-44-33(24-55-39)38(48)43-31(20-28(5)41(50)51)21-29-13-15-30(42)16-14-29/h13-16,24,26-28,31-32,34-35,37H,9-12,17-23,25H2,1-8H3,(H,43,48)(H,50,51)/t27?,28-,31+,32?,34?,35+,37+/m0/s1. The lowest BCUT2D eigenvalue weighted by atomic mass is 9.82. The van der Waals surface area contributed by atoms with E-state index in [9.17, 15) is 28.7 Å². The summed E-state index contributed by atoms with van der Waals surface area (Å²) in [5.41, 5.74) is 0.902. The largest absolute Gasteiger partial charge is 0.481 e. The molecule has 7 atom stereocenters. The highest BCUT2D eigenvalue weighted by Gasteiger charge is 2.38. The van der Waals surface area contributed by atoms with Crippen molar-refractivity contribution in [2.45, 2.75) is 110 Å². The summed E-state index contributed by atoms with van der Waals surface area (Å²) in [6, 6.07) is 4.83. The molecule has 0 spiro atoms. The number of likely N-dealkylation sites (N-methyl/N-ethyl adjacent to an activating group) is 1. The van der Waals surface area contributed by atoms with Crippen LogP contribution in [0.3, 0.4) is 0 Å². The highest BCUT2D eigenvalue weighted by Crippen LogP contribution is 2.33. The van der Waals surface area contributed by atoms with Gasteiger partial charge in [0.1, 0.15) is 29.4 Å². The third kappa shape index (κ3) is 14.0. The smallest absolute Gasteiger partial charge is 0.306 e. The summed E-state index contributed by atoms with van der Waals surface area (Å²) in [6.45, 7) is 11.2. The summed E-state index contributed by atoms with van der Waals surface area (Å²) in [6.07, 6.45) is 3.98. The molecule has 308 valence electrons. The van der Waals surface area contributed by atoms with Crippen molar-refractivity contribution in [3.8, 4) is 0 Å². The number of hydrogen-bond acceptors (Lipinski definition) is 10. The van der Waals surface area contributed by atoms with Crippen LogP contribution in [0.4, 0.5) is 4.39 Å². The number of halogens is 1. The van der Waals surface area contributed by atoms with Gasteiger partial charge >= 0.3 is 5.97 Å². The number of likely N-dealkylation sites (tertiary alicyclic amines) is 1. The zero-order valence-corrected chi connectivity index (χ0v) is 34.7. The van der Waals surface area contributed by atoms with Crippen LogP contribution in [-0.2, 0) is 35.0 Å². The number of piperidine rings is 1. The van der Waals surface area contributed by atoms with Crippen LogP contribution in [-0.4, -0.2) is 109 Å². The topological polar surface area (TPSA) is 148 Å². The third-order valence-corrected chi connectivity index (χ3v) is 11.8. The van der Waals surface area contributed by atoms with Gasteiger partial charge in [0.15, 0.2) is 5.78 Å². The Morgan fingerprint density at radius 1 is 1.07 bits per heavy atom. The Bertz CT molecular complexity index is 1510. The second-order valence-corrected chi connectivity index (χ2v) is 16.2. The third-order valence-electron chi connectivity index (χ3n) is 10.9. The predicted octanol–water partition coefficient (Wildman–Crippen LogP) is 6.39. The lowest BCUT2D eigenvalue weighted by molar-refractivity contribution is -0.146. The molecule has 1 aromatic heterocycles. The molecule has 1 aliphatic rings. The van der Waals surface area contributed by atoms with Gasteiger partial charge in [-0.2, -0.15) is 0 Å². The van der Waals surface area contributed by atoms with E-state index in [1.165, 1.54) is 30.6 Å². The molecule has 1 aliphatic heterocycles. The number of nitrogens with one attached hydrogen (secondary N) is 1. The number of benzene rings is 1. The van der Waals surface area contributed by atoms with Gasteiger partial charge in [-0.1, -0.05) is 59.6 Å². The van der Waals surface area contributed by atoms with Crippen LogP contribution in [0.15, 0.2) is 29.6 Å². The number of ketones is 1. The molecule has 3 unspecified atom stereocenters. The van der Waals surface area contributed by atoms with Gasteiger partial charge in [-0.05, 0) is 68.8 Å². The lowest BCUT2D eigenvalue weighted by Gasteiger charge is -2.40. The molecule has 55 heavy (non-hydrogen) atoms. The van der Waals surface area contributed by atoms with Crippen LogP contribution in [0, 0.1) is 29.5 Å². The van der Waals surface area contributed by atoms with Gasteiger partial charge < -0.3 is 29.5 Å². The summed E-state index contributed by atoms with van der Waals surface area (Å²) in [5, 5.41) is 14.7. The Morgan fingerprint density at radius 3 is 2.38 bits per heavy atom. The number of aliphatic carboxylic acids is 1. The molecule has 0 bridgehead atoms. The Balaban J connectivity index is 1.89. The van der Waals surface area contributed by atoms with E-state index in [4.69, 9.17) is 14.2 Å². The first-order chi connectivity index (χ1) is 26.2. The van der Waals surface area contributed by atoms with Crippen molar-refractivity contribution in [1.82, 2.24) is 20.1 Å². The number of hydrogen-bond donors (Lipinski definition) is 2. The zero-order valence-electron chi connectivity index (χ0n) is 33.9. The maximum absolute atomic E-state index is 14.7. The molecule has 12 nitrogen and oxygen atoms in total. The molecule has 1 fully saturated rings. The van der Waals surface area contributed by atoms with Gasteiger partial charge in [-0.3, -0.25) is 24.1 Å². The van der Waals surface area contributed by atoms with E-state index in [0.29, 0.717) is 31.0 Å². The summed E-state index contributed by atoms with van der Waals surface area (Å²) in [7, 11) is 5.10. The molecule has 2 heterocycles. The molecule has 0 aliphatic carbocycles. The second kappa shape index (κ2) is 23.1. The van der Waals surface area contributed by atoms with Crippen molar-refractivity contribution in [1.29, 1.82) is 0 Å². The normalized spacial score (nSPS) is 18.3. The van der Waals surface area contributed by atoms with Gasteiger partial charge in [-0.15, -0.1) is 11.3 Å². The zero-order chi connectivity index (χ0) is 40.7. The average molecular weight is 791 g/mol. The van der Waals surface area contributed by atoms with Crippen LogP contribution in [0.2, 0.25) is 0 Å². The highest BCUT2D eigenvalue weighted by molar-refractivity contribution is 7.09. The fourth-order valence-corrected chi connectivity index (χ4v) is 8.15. The van der Waals surface area contributed by atoms with E-state index in [1.807, 2.05) is 39.6 Å². The Kier molecular flexibility index (Phi) is 19.3. The van der Waals surface area contributed by atoms with E-state index in [0.717, 1.165) is 37.8 Å². The number of Topliss-reactive ketones (excluding diaryl/α,β-unsaturated/α-hetero) is 1. The summed E-state index contributed by atoms with van der Waals surface area (Å²) in [5.74, 6) is -3.07. The number of methoxy groups -OCH3 is 2. The van der Waals surface area contributed by atoms with Gasteiger partial charge in [0.25, 0.3) is 5.91 Å². The quantitative estimate of drug-likeness (QED) is 0.115. The van der Waals surface area contributed by atoms with Crippen LogP contribution in [0.5, 0.6) is 0 Å². The second-order valence-electron chi connectivity index (χ2n) is 15.3. The van der Waals surface area contributed by atoms with E-state index in [2.05, 4.69) is 15.2 Å². The monoisotopic (exact) mass is 790 g/mol. The fourth-order valence-electron chi connectivity index (χ4n) is 7.29. The SMILES string of the molecule is CCC(C)C(CC(=O)C1CCCCN1C)C(=O)N(CCOC)[C@H](C[C@@H](OCOC)c1nc(C(=O)N[C@@H](Cc2ccc(F)cc2)C[C@H](C)C(=O)O)cs1)C(C)C. The number of rotatable bonds is 24. The summed E-state index contributed by atoms with van der Waals surface area (Å²) >= 11 is 1.25. The Hall–Kier alpha value is -3.30. The van der Waals surface area contributed by atoms with E-state index in [1.54, 1.807) is 31.5 Å². The summed E-state index contributed by atoms with van der Waals surface area (Å²) < 4.78 is 30.5. The van der Waals surface area contributed by atoms with Crippen molar-refractivity contribution in [2.24, 2.45) is 23.7 Å². The van der Waals surface area contributed by atoms with Crippen LogP contribution in [0.25, 0.3) is 0 Å². The first-order valence-electron chi connectivity index (χ1n) is 19.6. The number of aromatic nitrogens is 1. The molecule has 0 radical (unpaired) electrons. The Morgan fingerprint density at radius 2 is 1.78 bits per heavy atom. The maximum Gasteiger partial charge on any atom is 0.306 e. The molecule has 3 rings (SSSR count). The number of carbonyl (C=O) groups excluding carboxylic acids is 3. The van der Waals surface area contributed by atoms with E-state index < -0.39 is 35.9 Å².